The maximum absolute atomic E-state index is 12.0. The molecule has 1 N–H and O–H groups in total. The summed E-state index contributed by atoms with van der Waals surface area (Å²) in [6.07, 6.45) is 3.00. The van der Waals surface area contributed by atoms with Gasteiger partial charge in [-0.1, -0.05) is 18.2 Å². The van der Waals surface area contributed by atoms with E-state index in [-0.39, 0.29) is 18.1 Å². The molecule has 106 valence electrons. The zero-order chi connectivity index (χ0) is 14.5. The van der Waals surface area contributed by atoms with Crippen LogP contribution in [0.4, 0.5) is 0 Å². The molecule has 0 aliphatic heterocycles. The maximum atomic E-state index is 12.0. The van der Waals surface area contributed by atoms with Crippen LogP contribution in [0, 0.1) is 0 Å². The summed E-state index contributed by atoms with van der Waals surface area (Å²) in [5.74, 6) is 0.632. The molecule has 0 fully saturated rings. The highest BCUT2D eigenvalue weighted by Crippen LogP contribution is 2.26. The van der Waals surface area contributed by atoms with Gasteiger partial charge in [0.05, 0.1) is 24.0 Å². The summed E-state index contributed by atoms with van der Waals surface area (Å²) in [4.78, 5) is 12.0. The van der Waals surface area contributed by atoms with E-state index in [1.165, 1.54) is 12.5 Å². The van der Waals surface area contributed by atoms with Gasteiger partial charge in [0, 0.05) is 5.56 Å². The quantitative estimate of drug-likeness (QED) is 0.906. The van der Waals surface area contributed by atoms with Crippen molar-refractivity contribution in [1.29, 1.82) is 0 Å². The van der Waals surface area contributed by atoms with Gasteiger partial charge >= 0.3 is 0 Å². The van der Waals surface area contributed by atoms with Crippen molar-refractivity contribution in [2.45, 2.75) is 32.9 Å². The number of carbonyl (C=O) groups excluding carboxylic acids is 1. The molecule has 1 atom stereocenters. The van der Waals surface area contributed by atoms with Crippen molar-refractivity contribution in [3.05, 3.63) is 54.0 Å². The van der Waals surface area contributed by atoms with E-state index in [4.69, 9.17) is 9.15 Å². The van der Waals surface area contributed by atoms with Crippen LogP contribution in [-0.4, -0.2) is 12.0 Å². The lowest BCUT2D eigenvalue weighted by atomic mass is 10.1. The zero-order valence-electron chi connectivity index (χ0n) is 11.9. The zero-order valence-corrected chi connectivity index (χ0v) is 11.9. The summed E-state index contributed by atoms with van der Waals surface area (Å²) < 4.78 is 10.7. The van der Waals surface area contributed by atoms with Crippen LogP contribution in [0.5, 0.6) is 5.75 Å². The van der Waals surface area contributed by atoms with Gasteiger partial charge in [0.25, 0.3) is 5.91 Å². The first kappa shape index (κ1) is 14.2. The Balaban J connectivity index is 2.13. The summed E-state index contributed by atoms with van der Waals surface area (Å²) in [6.45, 7) is 5.89. The van der Waals surface area contributed by atoms with Crippen molar-refractivity contribution in [2.75, 3.05) is 0 Å². The highest BCUT2D eigenvalue weighted by atomic mass is 16.5. The van der Waals surface area contributed by atoms with E-state index in [0.29, 0.717) is 5.56 Å². The first-order valence-corrected chi connectivity index (χ1v) is 6.66. The van der Waals surface area contributed by atoms with Crippen LogP contribution in [0.3, 0.4) is 0 Å². The van der Waals surface area contributed by atoms with Gasteiger partial charge in [0.15, 0.2) is 0 Å². The number of benzene rings is 1. The number of hydrogen-bond acceptors (Lipinski definition) is 3. The summed E-state index contributed by atoms with van der Waals surface area (Å²) >= 11 is 0. The van der Waals surface area contributed by atoms with Gasteiger partial charge in [-0.15, -0.1) is 0 Å². The first-order valence-electron chi connectivity index (χ1n) is 6.66. The summed E-state index contributed by atoms with van der Waals surface area (Å²) in [5.41, 5.74) is 1.47. The molecule has 2 rings (SSSR count). The molecular weight excluding hydrogens is 254 g/mol. The molecule has 0 saturated heterocycles. The summed E-state index contributed by atoms with van der Waals surface area (Å²) in [6, 6.07) is 9.22. The van der Waals surface area contributed by atoms with E-state index < -0.39 is 0 Å². The number of amides is 1. The van der Waals surface area contributed by atoms with Crippen LogP contribution < -0.4 is 10.1 Å². The fourth-order valence-corrected chi connectivity index (χ4v) is 1.95. The third-order valence-corrected chi connectivity index (χ3v) is 2.88. The second-order valence-corrected chi connectivity index (χ2v) is 4.91. The molecule has 0 aliphatic carbocycles. The molecule has 1 amide bonds. The Morgan fingerprint density at radius 1 is 1.20 bits per heavy atom. The van der Waals surface area contributed by atoms with Gasteiger partial charge in [0.2, 0.25) is 0 Å². The van der Waals surface area contributed by atoms with Crippen LogP contribution >= 0.6 is 0 Å². The molecular formula is C16H19NO3. The highest BCUT2D eigenvalue weighted by molar-refractivity contribution is 5.94. The standard InChI is InChI=1S/C16H19NO3/c1-11(2)20-15-7-5-4-6-14(15)12(3)17-16(18)13-8-9-19-10-13/h4-12H,1-3H3,(H,17,18)/t12-/m1/s1. The van der Waals surface area contributed by atoms with Crippen LogP contribution in [0.15, 0.2) is 47.3 Å². The van der Waals surface area contributed by atoms with Gasteiger partial charge in [-0.2, -0.15) is 0 Å². The van der Waals surface area contributed by atoms with Crippen LogP contribution in [0.1, 0.15) is 42.7 Å². The normalized spacial score (nSPS) is 12.2. The second kappa shape index (κ2) is 6.28. The molecule has 0 unspecified atom stereocenters. The second-order valence-electron chi connectivity index (χ2n) is 4.91. The molecule has 2 aromatic rings. The predicted octanol–water partition coefficient (Wildman–Crippen LogP) is 3.56. The SMILES string of the molecule is CC(C)Oc1ccccc1[C@@H](C)NC(=O)c1ccoc1. The topological polar surface area (TPSA) is 51.5 Å². The van der Waals surface area contributed by atoms with E-state index in [2.05, 4.69) is 5.32 Å². The molecule has 20 heavy (non-hydrogen) atoms. The Hall–Kier alpha value is -2.23. The first-order chi connectivity index (χ1) is 9.58. The van der Waals surface area contributed by atoms with Crippen LogP contribution in [-0.2, 0) is 0 Å². The average Bonchev–Trinajstić information content (AvgIpc) is 2.92. The largest absolute Gasteiger partial charge is 0.491 e. The summed E-state index contributed by atoms with van der Waals surface area (Å²) in [7, 11) is 0. The lowest BCUT2D eigenvalue weighted by Crippen LogP contribution is -2.26. The van der Waals surface area contributed by atoms with Crippen molar-refractivity contribution in [3.63, 3.8) is 0 Å². The number of para-hydroxylation sites is 1. The third kappa shape index (κ3) is 3.41. The molecule has 1 aromatic carbocycles. The van der Waals surface area contributed by atoms with E-state index >= 15 is 0 Å². The van der Waals surface area contributed by atoms with Crippen molar-refractivity contribution in [1.82, 2.24) is 5.32 Å². The van der Waals surface area contributed by atoms with Crippen LogP contribution in [0.25, 0.3) is 0 Å². The third-order valence-electron chi connectivity index (χ3n) is 2.88. The van der Waals surface area contributed by atoms with Gasteiger partial charge in [-0.25, -0.2) is 0 Å². The number of nitrogens with one attached hydrogen (secondary N) is 1. The Morgan fingerprint density at radius 2 is 1.95 bits per heavy atom. The maximum Gasteiger partial charge on any atom is 0.255 e. The van der Waals surface area contributed by atoms with Gasteiger partial charge in [0.1, 0.15) is 12.0 Å². The van der Waals surface area contributed by atoms with E-state index in [1.54, 1.807) is 6.07 Å². The number of carbonyl (C=O) groups is 1. The van der Waals surface area contributed by atoms with Gasteiger partial charge in [-0.05, 0) is 32.9 Å². The predicted molar refractivity (Wildman–Crippen MR) is 76.8 cm³/mol. The summed E-state index contributed by atoms with van der Waals surface area (Å²) in [5, 5.41) is 2.93. The van der Waals surface area contributed by atoms with Crippen LogP contribution in [0.2, 0.25) is 0 Å². The highest BCUT2D eigenvalue weighted by Gasteiger charge is 2.16. The molecule has 0 bridgehead atoms. The molecule has 0 spiro atoms. The number of ether oxygens (including phenoxy) is 1. The van der Waals surface area contributed by atoms with Gasteiger partial charge in [-0.3, -0.25) is 4.79 Å². The minimum atomic E-state index is -0.161. The number of hydrogen-bond donors (Lipinski definition) is 1. The molecule has 1 aromatic heterocycles. The Labute approximate surface area is 118 Å². The Kier molecular flexibility index (Phi) is 4.45. The fraction of sp³-hybridized carbons (Fsp3) is 0.312. The monoisotopic (exact) mass is 273 g/mol. The molecule has 0 saturated carbocycles. The van der Waals surface area contributed by atoms with Crippen molar-refractivity contribution < 1.29 is 13.9 Å². The van der Waals surface area contributed by atoms with E-state index in [0.717, 1.165) is 11.3 Å². The van der Waals surface area contributed by atoms with E-state index in [1.807, 2.05) is 45.0 Å². The van der Waals surface area contributed by atoms with Crippen molar-refractivity contribution in [2.24, 2.45) is 0 Å². The fourth-order valence-electron chi connectivity index (χ4n) is 1.95. The minimum Gasteiger partial charge on any atom is -0.491 e. The van der Waals surface area contributed by atoms with E-state index in [9.17, 15) is 4.79 Å². The van der Waals surface area contributed by atoms with Crippen molar-refractivity contribution >= 4 is 5.91 Å². The molecule has 1 heterocycles. The molecule has 0 aliphatic rings. The lowest BCUT2D eigenvalue weighted by Gasteiger charge is -2.19. The molecule has 4 nitrogen and oxygen atoms in total. The number of furan rings is 1. The van der Waals surface area contributed by atoms with Crippen molar-refractivity contribution in [3.8, 4) is 5.75 Å². The Bertz CT molecular complexity index is 561. The Morgan fingerprint density at radius 3 is 2.60 bits per heavy atom. The smallest absolute Gasteiger partial charge is 0.255 e. The molecule has 4 heteroatoms. The number of rotatable bonds is 5. The minimum absolute atomic E-state index is 0.0907. The lowest BCUT2D eigenvalue weighted by molar-refractivity contribution is 0.0938. The molecule has 0 radical (unpaired) electrons. The average molecular weight is 273 g/mol. The van der Waals surface area contributed by atoms with Gasteiger partial charge < -0.3 is 14.5 Å².